The van der Waals surface area contributed by atoms with Gasteiger partial charge in [-0.05, 0) is 38.0 Å². The molecule has 0 atom stereocenters. The first-order chi connectivity index (χ1) is 17.4. The van der Waals surface area contributed by atoms with E-state index < -0.39 is 6.08 Å². The molecule has 0 bridgehead atoms. The standard InChI is InChI=1S/C25H28FN7O3/c1-17-2-4-19(5-3-17)36-20-10-25(11-20)15-32(16-25)23(35)14-33-13-18(12-29-33)30-22(34)7-9-27-21-6-8-28-24(26)31-21/h2-6,8,12-13,20H,7,9-11,14-16H2,1H3,(H,30,34)(H,27,28,31). The molecule has 3 heterocycles. The van der Waals surface area contributed by atoms with Gasteiger partial charge in [-0.2, -0.15) is 14.5 Å². The molecule has 10 nitrogen and oxygen atoms in total. The molecule has 2 fully saturated rings. The van der Waals surface area contributed by atoms with Crippen LogP contribution in [0.2, 0.25) is 0 Å². The summed E-state index contributed by atoms with van der Waals surface area (Å²) in [6.07, 6.45) is 5.89. The largest absolute Gasteiger partial charge is 0.490 e. The minimum absolute atomic E-state index is 0.00536. The Hall–Kier alpha value is -4.02. The van der Waals surface area contributed by atoms with Gasteiger partial charge in [0, 0.05) is 43.9 Å². The van der Waals surface area contributed by atoms with Gasteiger partial charge in [0.1, 0.15) is 24.2 Å². The summed E-state index contributed by atoms with van der Waals surface area (Å²) >= 11 is 0. The van der Waals surface area contributed by atoms with Crippen molar-refractivity contribution in [2.75, 3.05) is 30.3 Å². The third-order valence-corrected chi connectivity index (χ3v) is 6.55. The van der Waals surface area contributed by atoms with Crippen LogP contribution in [0.1, 0.15) is 24.8 Å². The van der Waals surface area contributed by atoms with Crippen LogP contribution in [0.25, 0.3) is 0 Å². The van der Waals surface area contributed by atoms with E-state index in [1.807, 2.05) is 29.2 Å². The van der Waals surface area contributed by atoms with Crippen LogP contribution in [-0.4, -0.2) is 62.2 Å². The van der Waals surface area contributed by atoms with Gasteiger partial charge >= 0.3 is 6.08 Å². The van der Waals surface area contributed by atoms with Gasteiger partial charge in [0.25, 0.3) is 0 Å². The maximum Gasteiger partial charge on any atom is 0.310 e. The second kappa shape index (κ2) is 9.92. The van der Waals surface area contributed by atoms with Crippen molar-refractivity contribution in [1.29, 1.82) is 0 Å². The lowest BCUT2D eigenvalue weighted by Gasteiger charge is -2.58. The number of carbonyl (C=O) groups excluding carboxylic acids is 2. The number of nitrogens with zero attached hydrogens (tertiary/aromatic N) is 5. The van der Waals surface area contributed by atoms with E-state index in [-0.39, 0.29) is 42.8 Å². The smallest absolute Gasteiger partial charge is 0.310 e. The normalized spacial score (nSPS) is 16.2. The molecule has 1 saturated carbocycles. The van der Waals surface area contributed by atoms with Crippen molar-refractivity contribution in [3.05, 3.63) is 60.6 Å². The molecule has 5 rings (SSSR count). The Bertz CT molecular complexity index is 1230. The number of nitrogens with one attached hydrogen (secondary N) is 2. The molecule has 3 aromatic rings. The number of aromatic nitrogens is 4. The zero-order chi connectivity index (χ0) is 25.1. The summed E-state index contributed by atoms with van der Waals surface area (Å²) in [5.74, 6) is 0.975. The van der Waals surface area contributed by atoms with Crippen LogP contribution in [-0.2, 0) is 16.1 Å². The zero-order valence-corrected chi connectivity index (χ0v) is 20.0. The zero-order valence-electron chi connectivity index (χ0n) is 20.0. The lowest BCUT2D eigenvalue weighted by molar-refractivity contribution is -0.160. The highest BCUT2D eigenvalue weighted by Crippen LogP contribution is 2.49. The number of amides is 2. The number of halogens is 1. The van der Waals surface area contributed by atoms with Gasteiger partial charge in [0.15, 0.2) is 0 Å². The molecule has 2 N–H and O–H groups in total. The molecule has 1 aliphatic carbocycles. The highest BCUT2D eigenvalue weighted by atomic mass is 19.1. The quantitative estimate of drug-likeness (QED) is 0.441. The van der Waals surface area contributed by atoms with E-state index in [4.69, 9.17) is 4.74 Å². The number of benzene rings is 1. The second-order valence-electron chi connectivity index (χ2n) is 9.57. The van der Waals surface area contributed by atoms with Gasteiger partial charge in [-0.15, -0.1) is 0 Å². The SMILES string of the molecule is Cc1ccc(OC2CC3(C2)CN(C(=O)Cn2cc(NC(=O)CCNc4ccnc(F)n4)cn2)C3)cc1. The molecule has 1 spiro atoms. The van der Waals surface area contributed by atoms with Crippen LogP contribution in [0.5, 0.6) is 5.75 Å². The third-order valence-electron chi connectivity index (χ3n) is 6.55. The Morgan fingerprint density at radius 3 is 2.72 bits per heavy atom. The molecule has 1 aromatic carbocycles. The third kappa shape index (κ3) is 5.61. The van der Waals surface area contributed by atoms with E-state index in [1.54, 1.807) is 6.20 Å². The van der Waals surface area contributed by atoms with Crippen LogP contribution in [0, 0.1) is 18.4 Å². The number of hydrogen-bond acceptors (Lipinski definition) is 7. The fourth-order valence-corrected chi connectivity index (χ4v) is 4.71. The molecular weight excluding hydrogens is 465 g/mol. The summed E-state index contributed by atoms with van der Waals surface area (Å²) < 4.78 is 20.5. The Balaban J connectivity index is 1.00. The number of likely N-dealkylation sites (tertiary alicyclic amines) is 1. The van der Waals surface area contributed by atoms with Crippen molar-refractivity contribution >= 4 is 23.3 Å². The van der Waals surface area contributed by atoms with E-state index in [1.165, 1.54) is 28.7 Å². The van der Waals surface area contributed by atoms with Crippen LogP contribution in [0.4, 0.5) is 15.9 Å². The molecule has 188 valence electrons. The van der Waals surface area contributed by atoms with Crippen LogP contribution < -0.4 is 15.4 Å². The molecule has 2 aliphatic rings. The summed E-state index contributed by atoms with van der Waals surface area (Å²) in [5.41, 5.74) is 1.90. The van der Waals surface area contributed by atoms with Gasteiger partial charge in [0.05, 0.1) is 11.9 Å². The maximum absolute atomic E-state index is 13.0. The first-order valence-corrected chi connectivity index (χ1v) is 11.9. The number of anilines is 2. The number of rotatable bonds is 9. The van der Waals surface area contributed by atoms with Gasteiger partial charge in [-0.1, -0.05) is 17.7 Å². The molecule has 11 heteroatoms. The summed E-state index contributed by atoms with van der Waals surface area (Å²) in [4.78, 5) is 33.6. The van der Waals surface area contributed by atoms with Crippen molar-refractivity contribution < 1.29 is 18.7 Å². The van der Waals surface area contributed by atoms with Crippen molar-refractivity contribution in [3.8, 4) is 5.75 Å². The Labute approximate surface area is 207 Å². The fourth-order valence-electron chi connectivity index (χ4n) is 4.71. The van der Waals surface area contributed by atoms with Crippen molar-refractivity contribution in [2.24, 2.45) is 5.41 Å². The van der Waals surface area contributed by atoms with Crippen molar-refractivity contribution in [3.63, 3.8) is 0 Å². The van der Waals surface area contributed by atoms with Gasteiger partial charge in [-0.25, -0.2) is 4.98 Å². The van der Waals surface area contributed by atoms with Gasteiger partial charge in [0.2, 0.25) is 11.8 Å². The van der Waals surface area contributed by atoms with E-state index >= 15 is 0 Å². The average Bonchev–Trinajstić information content (AvgIpc) is 3.22. The Morgan fingerprint density at radius 1 is 1.19 bits per heavy atom. The monoisotopic (exact) mass is 493 g/mol. The Kier molecular flexibility index (Phi) is 6.53. The number of ether oxygens (including phenoxy) is 1. The molecule has 2 amide bonds. The van der Waals surface area contributed by atoms with E-state index in [9.17, 15) is 14.0 Å². The number of carbonyl (C=O) groups is 2. The molecule has 0 radical (unpaired) electrons. The summed E-state index contributed by atoms with van der Waals surface area (Å²) in [6, 6.07) is 9.60. The molecule has 36 heavy (non-hydrogen) atoms. The lowest BCUT2D eigenvalue weighted by atomic mass is 9.61. The topological polar surface area (TPSA) is 114 Å². The lowest BCUT2D eigenvalue weighted by Crippen LogP contribution is -2.66. The summed E-state index contributed by atoms with van der Waals surface area (Å²) in [6.45, 7) is 3.94. The molecule has 1 aliphatic heterocycles. The van der Waals surface area contributed by atoms with Crippen LogP contribution in [0.15, 0.2) is 48.9 Å². The van der Waals surface area contributed by atoms with E-state index in [0.717, 1.165) is 31.7 Å². The molecule has 2 aromatic heterocycles. The first-order valence-electron chi connectivity index (χ1n) is 11.9. The minimum atomic E-state index is -0.830. The van der Waals surface area contributed by atoms with E-state index in [0.29, 0.717) is 11.5 Å². The van der Waals surface area contributed by atoms with E-state index in [2.05, 4.69) is 32.6 Å². The summed E-state index contributed by atoms with van der Waals surface area (Å²) in [7, 11) is 0. The molecule has 1 saturated heterocycles. The van der Waals surface area contributed by atoms with Crippen molar-refractivity contribution in [1.82, 2.24) is 24.6 Å². The van der Waals surface area contributed by atoms with Gasteiger partial charge < -0.3 is 20.3 Å². The second-order valence-corrected chi connectivity index (χ2v) is 9.57. The highest BCUT2D eigenvalue weighted by Gasteiger charge is 2.54. The Morgan fingerprint density at radius 2 is 1.97 bits per heavy atom. The molecular formula is C25H28FN7O3. The predicted octanol–water partition coefficient (Wildman–Crippen LogP) is 2.63. The molecule has 0 unspecified atom stereocenters. The first kappa shape index (κ1) is 23.7. The van der Waals surface area contributed by atoms with Crippen LogP contribution in [0.3, 0.4) is 0 Å². The fraction of sp³-hybridized carbons (Fsp3) is 0.400. The van der Waals surface area contributed by atoms with Gasteiger partial charge in [-0.3, -0.25) is 14.3 Å². The average molecular weight is 494 g/mol. The minimum Gasteiger partial charge on any atom is -0.490 e. The van der Waals surface area contributed by atoms with Crippen molar-refractivity contribution in [2.45, 2.75) is 38.8 Å². The highest BCUT2D eigenvalue weighted by molar-refractivity contribution is 5.90. The summed E-state index contributed by atoms with van der Waals surface area (Å²) in [5, 5.41) is 9.79. The predicted molar refractivity (Wildman–Crippen MR) is 130 cm³/mol. The number of aryl methyl sites for hydroxylation is 1. The van der Waals surface area contributed by atoms with Crippen LogP contribution >= 0.6 is 0 Å². The number of hydrogen-bond donors (Lipinski definition) is 2. The maximum atomic E-state index is 13.0.